The molecule has 20 heavy (non-hydrogen) atoms. The molecule has 2 aromatic heterocycles. The van der Waals surface area contributed by atoms with E-state index in [4.69, 9.17) is 10.5 Å². The molecule has 1 saturated heterocycles. The summed E-state index contributed by atoms with van der Waals surface area (Å²) in [6, 6.07) is 0. The van der Waals surface area contributed by atoms with Crippen LogP contribution >= 0.6 is 0 Å². The van der Waals surface area contributed by atoms with Crippen molar-refractivity contribution in [2.75, 3.05) is 5.73 Å². The van der Waals surface area contributed by atoms with E-state index in [9.17, 15) is 14.3 Å². The minimum Gasteiger partial charge on any atom is -0.387 e. The standard InChI is InChI=1S/C11H14FN5O3/c1-4-6(18)11(2,12)9(20-4)17-3-14-5-7(17)15-10(13)16-8(5)19/h3-4,6,9,18H,1-2H3,(H3,13,15,16,19)/t4-,6-,9-,11-/m1/s1. The Morgan fingerprint density at radius 2 is 2.35 bits per heavy atom. The lowest BCUT2D eigenvalue weighted by Gasteiger charge is -2.24. The average Bonchev–Trinajstić information content (AvgIpc) is 2.85. The second-order valence-corrected chi connectivity index (χ2v) is 5.06. The molecule has 4 atom stereocenters. The molecule has 3 heterocycles. The van der Waals surface area contributed by atoms with Gasteiger partial charge in [-0.1, -0.05) is 0 Å². The summed E-state index contributed by atoms with van der Waals surface area (Å²) in [6.07, 6.45) is -1.86. The molecular weight excluding hydrogens is 269 g/mol. The molecule has 0 radical (unpaired) electrons. The van der Waals surface area contributed by atoms with Gasteiger partial charge >= 0.3 is 0 Å². The molecule has 9 heteroatoms. The minimum absolute atomic E-state index is 0.0349. The largest absolute Gasteiger partial charge is 0.387 e. The highest BCUT2D eigenvalue weighted by Crippen LogP contribution is 2.41. The zero-order valence-electron chi connectivity index (χ0n) is 10.9. The topological polar surface area (TPSA) is 119 Å². The molecular formula is C11H14FN5O3. The first-order valence-electron chi connectivity index (χ1n) is 6.07. The normalized spacial score (nSPS) is 33.9. The lowest BCUT2D eigenvalue weighted by molar-refractivity contribution is -0.0423. The number of fused-ring (bicyclic) bond motifs is 1. The Morgan fingerprint density at radius 3 is 2.95 bits per heavy atom. The van der Waals surface area contributed by atoms with Crippen molar-refractivity contribution in [1.82, 2.24) is 19.5 Å². The van der Waals surface area contributed by atoms with E-state index in [0.717, 1.165) is 0 Å². The minimum atomic E-state index is -2.04. The number of nitrogens with zero attached hydrogens (tertiary/aromatic N) is 3. The van der Waals surface area contributed by atoms with Crippen LogP contribution in [0.1, 0.15) is 20.1 Å². The van der Waals surface area contributed by atoms with E-state index in [1.54, 1.807) is 6.92 Å². The molecule has 0 bridgehead atoms. The SMILES string of the molecule is C[C@H]1O[C@@H](n2cnc3c(=O)[nH]c(N)nc32)[C@](C)(F)[C@@H]1O. The third kappa shape index (κ3) is 1.63. The summed E-state index contributed by atoms with van der Waals surface area (Å²) in [5.41, 5.74) is 3.08. The number of aromatic amines is 1. The number of ether oxygens (including phenoxy) is 1. The number of hydrogen-bond donors (Lipinski definition) is 3. The van der Waals surface area contributed by atoms with Crippen molar-refractivity contribution < 1.29 is 14.2 Å². The number of anilines is 1. The summed E-state index contributed by atoms with van der Waals surface area (Å²) in [5, 5.41) is 9.83. The van der Waals surface area contributed by atoms with E-state index in [1.807, 2.05) is 0 Å². The van der Waals surface area contributed by atoms with E-state index in [-0.39, 0.29) is 17.1 Å². The molecule has 0 aromatic carbocycles. The molecule has 0 amide bonds. The molecule has 1 aliphatic heterocycles. The van der Waals surface area contributed by atoms with Crippen LogP contribution in [0.4, 0.5) is 10.3 Å². The average molecular weight is 283 g/mol. The quantitative estimate of drug-likeness (QED) is 0.661. The first-order chi connectivity index (χ1) is 9.32. The van der Waals surface area contributed by atoms with Gasteiger partial charge in [0, 0.05) is 0 Å². The Hall–Kier alpha value is -2.00. The smallest absolute Gasteiger partial charge is 0.280 e. The monoisotopic (exact) mass is 283 g/mol. The second-order valence-electron chi connectivity index (χ2n) is 5.06. The predicted octanol–water partition coefficient (Wildman–Crippen LogP) is -0.292. The van der Waals surface area contributed by atoms with Crippen LogP contribution < -0.4 is 11.3 Å². The van der Waals surface area contributed by atoms with E-state index in [1.165, 1.54) is 17.8 Å². The highest BCUT2D eigenvalue weighted by atomic mass is 19.1. The Labute approximate surface area is 112 Å². The maximum atomic E-state index is 14.6. The van der Waals surface area contributed by atoms with E-state index in [2.05, 4.69) is 15.0 Å². The van der Waals surface area contributed by atoms with Gasteiger partial charge in [0.1, 0.15) is 6.10 Å². The number of hydrogen-bond acceptors (Lipinski definition) is 6. The molecule has 4 N–H and O–H groups in total. The van der Waals surface area contributed by atoms with E-state index in [0.29, 0.717) is 0 Å². The van der Waals surface area contributed by atoms with Gasteiger partial charge in [-0.3, -0.25) is 14.3 Å². The third-order valence-corrected chi connectivity index (χ3v) is 3.55. The number of nitrogens with two attached hydrogens (primary N) is 1. The summed E-state index contributed by atoms with van der Waals surface area (Å²) >= 11 is 0. The molecule has 0 unspecified atom stereocenters. The molecule has 1 aliphatic rings. The summed E-state index contributed by atoms with van der Waals surface area (Å²) in [6.45, 7) is 2.80. The van der Waals surface area contributed by atoms with Crippen LogP contribution in [0.2, 0.25) is 0 Å². The molecule has 3 rings (SSSR count). The third-order valence-electron chi connectivity index (χ3n) is 3.55. The maximum absolute atomic E-state index is 14.6. The van der Waals surface area contributed by atoms with Crippen molar-refractivity contribution in [2.24, 2.45) is 0 Å². The number of nitrogens with one attached hydrogen (secondary N) is 1. The van der Waals surface area contributed by atoms with Crippen LogP contribution in [0.3, 0.4) is 0 Å². The van der Waals surface area contributed by atoms with Crippen LogP contribution in [0, 0.1) is 0 Å². The fourth-order valence-electron chi connectivity index (χ4n) is 2.47. The fourth-order valence-corrected chi connectivity index (χ4v) is 2.47. The first-order valence-corrected chi connectivity index (χ1v) is 6.07. The number of alkyl halides is 1. The van der Waals surface area contributed by atoms with Gasteiger partial charge in [-0.25, -0.2) is 9.37 Å². The van der Waals surface area contributed by atoms with Crippen molar-refractivity contribution in [3.8, 4) is 0 Å². The molecule has 1 fully saturated rings. The number of nitrogen functional groups attached to an aromatic ring is 1. The number of aromatic nitrogens is 4. The molecule has 108 valence electrons. The number of halogens is 1. The molecule has 2 aromatic rings. The number of aliphatic hydroxyl groups excluding tert-OH is 1. The van der Waals surface area contributed by atoms with Crippen molar-refractivity contribution in [3.05, 3.63) is 16.7 Å². The van der Waals surface area contributed by atoms with Crippen LogP contribution in [-0.4, -0.2) is 42.5 Å². The van der Waals surface area contributed by atoms with Crippen molar-refractivity contribution >= 4 is 17.1 Å². The van der Waals surface area contributed by atoms with Crippen molar-refractivity contribution in [2.45, 2.75) is 38.0 Å². The first kappa shape index (κ1) is 13.0. The summed E-state index contributed by atoms with van der Waals surface area (Å²) in [7, 11) is 0. The van der Waals surface area contributed by atoms with E-state index >= 15 is 0 Å². The predicted molar refractivity (Wildman–Crippen MR) is 67.7 cm³/mol. The van der Waals surface area contributed by atoms with Crippen LogP contribution in [0.5, 0.6) is 0 Å². The van der Waals surface area contributed by atoms with Crippen molar-refractivity contribution in [3.63, 3.8) is 0 Å². The number of imidazole rings is 1. The maximum Gasteiger partial charge on any atom is 0.280 e. The molecule has 0 saturated carbocycles. The lowest BCUT2D eigenvalue weighted by atomic mass is 9.99. The van der Waals surface area contributed by atoms with Gasteiger partial charge in [0.05, 0.1) is 12.4 Å². The van der Waals surface area contributed by atoms with Crippen LogP contribution in [0.25, 0.3) is 11.2 Å². The van der Waals surface area contributed by atoms with Gasteiger partial charge in [-0.2, -0.15) is 4.98 Å². The summed E-state index contributed by atoms with van der Waals surface area (Å²) < 4.78 is 21.3. The fraction of sp³-hybridized carbons (Fsp3) is 0.545. The van der Waals surface area contributed by atoms with Crippen LogP contribution in [0.15, 0.2) is 11.1 Å². The summed E-state index contributed by atoms with van der Waals surface area (Å²) in [4.78, 5) is 21.8. The lowest BCUT2D eigenvalue weighted by Crippen LogP contribution is -2.39. The van der Waals surface area contributed by atoms with Gasteiger partial charge in [0.25, 0.3) is 5.56 Å². The zero-order valence-corrected chi connectivity index (χ0v) is 10.9. The zero-order chi connectivity index (χ0) is 14.7. The van der Waals surface area contributed by atoms with Gasteiger partial charge in [0.2, 0.25) is 5.95 Å². The Bertz CT molecular complexity index is 724. The van der Waals surface area contributed by atoms with Gasteiger partial charge < -0.3 is 15.6 Å². The molecule has 0 aliphatic carbocycles. The van der Waals surface area contributed by atoms with Crippen LogP contribution in [-0.2, 0) is 4.74 Å². The number of H-pyrrole nitrogens is 1. The van der Waals surface area contributed by atoms with E-state index < -0.39 is 29.7 Å². The van der Waals surface area contributed by atoms with Crippen molar-refractivity contribution in [1.29, 1.82) is 0 Å². The molecule has 8 nitrogen and oxygen atoms in total. The van der Waals surface area contributed by atoms with Gasteiger partial charge in [-0.15, -0.1) is 0 Å². The highest BCUT2D eigenvalue weighted by Gasteiger charge is 2.53. The Morgan fingerprint density at radius 1 is 1.65 bits per heavy atom. The number of rotatable bonds is 1. The number of aliphatic hydroxyl groups is 1. The second kappa shape index (κ2) is 4.00. The Balaban J connectivity index is 2.19. The highest BCUT2D eigenvalue weighted by molar-refractivity contribution is 5.70. The van der Waals surface area contributed by atoms with Gasteiger partial charge in [0.15, 0.2) is 23.1 Å². The summed E-state index contributed by atoms with van der Waals surface area (Å²) in [5.74, 6) is -0.101. The molecule has 0 spiro atoms. The Kier molecular flexibility index (Phi) is 2.60. The van der Waals surface area contributed by atoms with Gasteiger partial charge in [-0.05, 0) is 13.8 Å².